The zero-order valence-electron chi connectivity index (χ0n) is 14.6. The number of ether oxygens (including phenoxy) is 1. The van der Waals surface area contributed by atoms with Gasteiger partial charge in [0.2, 0.25) is 0 Å². The van der Waals surface area contributed by atoms with Gasteiger partial charge in [-0.25, -0.2) is 4.68 Å². The number of hydrogen-bond acceptors (Lipinski definition) is 5. The zero-order chi connectivity index (χ0) is 18.4. The molecule has 0 bridgehead atoms. The Morgan fingerprint density at radius 3 is 2.73 bits per heavy atom. The highest BCUT2D eigenvalue weighted by Crippen LogP contribution is 2.15. The third-order valence-electron chi connectivity index (χ3n) is 3.77. The number of anilines is 1. The summed E-state index contributed by atoms with van der Waals surface area (Å²) in [7, 11) is 0. The summed E-state index contributed by atoms with van der Waals surface area (Å²) in [5.41, 5.74) is 3.91. The highest BCUT2D eigenvalue weighted by atomic mass is 16.5. The van der Waals surface area contributed by atoms with E-state index in [-0.39, 0.29) is 12.5 Å². The summed E-state index contributed by atoms with van der Waals surface area (Å²) in [4.78, 5) is 12.1. The number of benzene rings is 2. The van der Waals surface area contributed by atoms with Crippen molar-refractivity contribution >= 4 is 17.8 Å². The fraction of sp³-hybridized carbons (Fsp3) is 0.158. The number of carbonyl (C=O) groups excluding carboxylic acids is 1. The summed E-state index contributed by atoms with van der Waals surface area (Å²) in [6.07, 6.45) is 4.65. The number of nitrogens with zero attached hydrogens (tertiary/aromatic N) is 4. The van der Waals surface area contributed by atoms with Gasteiger partial charge in [-0.1, -0.05) is 18.2 Å². The molecule has 26 heavy (non-hydrogen) atoms. The maximum Gasteiger partial charge on any atom is 0.262 e. The van der Waals surface area contributed by atoms with Crippen LogP contribution in [0.1, 0.15) is 16.7 Å². The second-order valence-corrected chi connectivity index (χ2v) is 5.79. The third-order valence-corrected chi connectivity index (χ3v) is 3.77. The van der Waals surface area contributed by atoms with E-state index in [2.05, 4.69) is 20.6 Å². The molecule has 0 unspecified atom stereocenters. The van der Waals surface area contributed by atoms with Gasteiger partial charge in [-0.05, 0) is 54.8 Å². The zero-order valence-corrected chi connectivity index (χ0v) is 14.6. The topological polar surface area (TPSA) is 81.4 Å². The van der Waals surface area contributed by atoms with E-state index in [0.29, 0.717) is 5.75 Å². The molecule has 0 saturated heterocycles. The van der Waals surface area contributed by atoms with Crippen molar-refractivity contribution in [1.82, 2.24) is 14.9 Å². The van der Waals surface area contributed by atoms with Crippen molar-refractivity contribution in [2.45, 2.75) is 13.8 Å². The normalized spacial score (nSPS) is 10.8. The SMILES string of the molecule is Cc1ccc(NC(=O)COc2cccc(C=Nn3cnnc3)c2)cc1C. The lowest BCUT2D eigenvalue weighted by atomic mass is 10.1. The van der Waals surface area contributed by atoms with Crippen molar-refractivity contribution in [3.63, 3.8) is 0 Å². The molecule has 1 heterocycles. The van der Waals surface area contributed by atoms with Crippen molar-refractivity contribution in [2.75, 3.05) is 11.9 Å². The van der Waals surface area contributed by atoms with Gasteiger partial charge in [0.25, 0.3) is 5.91 Å². The first-order valence-electron chi connectivity index (χ1n) is 8.09. The van der Waals surface area contributed by atoms with Crippen LogP contribution in [0.3, 0.4) is 0 Å². The van der Waals surface area contributed by atoms with E-state index < -0.39 is 0 Å². The molecule has 0 aliphatic heterocycles. The van der Waals surface area contributed by atoms with Gasteiger partial charge >= 0.3 is 0 Å². The highest BCUT2D eigenvalue weighted by molar-refractivity contribution is 5.92. The van der Waals surface area contributed by atoms with Gasteiger partial charge in [0.05, 0.1) is 6.21 Å². The molecule has 0 atom stereocenters. The van der Waals surface area contributed by atoms with Crippen LogP contribution in [-0.2, 0) is 4.79 Å². The largest absolute Gasteiger partial charge is 0.484 e. The third kappa shape index (κ3) is 4.76. The van der Waals surface area contributed by atoms with Crippen LogP contribution in [-0.4, -0.2) is 33.6 Å². The molecule has 3 rings (SSSR count). The number of carbonyl (C=O) groups is 1. The summed E-state index contributed by atoms with van der Waals surface area (Å²) >= 11 is 0. The van der Waals surface area contributed by atoms with Gasteiger partial charge in [0.1, 0.15) is 18.4 Å². The standard InChI is InChI=1S/C19H19N5O2/c1-14-6-7-17(8-15(14)2)23-19(25)11-26-18-5-3-4-16(9-18)10-22-24-12-20-21-13-24/h3-10,12-13H,11H2,1-2H3,(H,23,25). The highest BCUT2D eigenvalue weighted by Gasteiger charge is 2.05. The molecule has 0 fully saturated rings. The van der Waals surface area contributed by atoms with Crippen molar-refractivity contribution < 1.29 is 9.53 Å². The van der Waals surface area contributed by atoms with Crippen LogP contribution in [0.5, 0.6) is 5.75 Å². The van der Waals surface area contributed by atoms with Gasteiger partial charge in [-0.15, -0.1) is 10.2 Å². The Kier molecular flexibility index (Phi) is 5.38. The van der Waals surface area contributed by atoms with Crippen LogP contribution in [0.15, 0.2) is 60.2 Å². The van der Waals surface area contributed by atoms with Gasteiger partial charge in [-0.3, -0.25) is 4.79 Å². The Labute approximate surface area is 151 Å². The average Bonchev–Trinajstić information content (AvgIpc) is 3.15. The van der Waals surface area contributed by atoms with Crippen LogP contribution in [0.25, 0.3) is 0 Å². The molecule has 2 aromatic carbocycles. The summed E-state index contributed by atoms with van der Waals surface area (Å²) in [5, 5.41) is 14.4. The minimum Gasteiger partial charge on any atom is -0.484 e. The number of nitrogens with one attached hydrogen (secondary N) is 1. The fourth-order valence-corrected chi connectivity index (χ4v) is 2.24. The average molecular weight is 349 g/mol. The molecule has 0 aliphatic carbocycles. The summed E-state index contributed by atoms with van der Waals surface area (Å²) < 4.78 is 7.06. The summed E-state index contributed by atoms with van der Waals surface area (Å²) in [6.45, 7) is 3.97. The van der Waals surface area contributed by atoms with Crippen LogP contribution in [0.2, 0.25) is 0 Å². The first-order valence-corrected chi connectivity index (χ1v) is 8.09. The van der Waals surface area contributed by atoms with Crippen molar-refractivity contribution in [3.05, 3.63) is 71.8 Å². The Morgan fingerprint density at radius 2 is 1.96 bits per heavy atom. The summed E-state index contributed by atoms with van der Waals surface area (Å²) in [6, 6.07) is 13.1. The van der Waals surface area contributed by atoms with E-state index in [0.717, 1.165) is 16.8 Å². The summed E-state index contributed by atoms with van der Waals surface area (Å²) in [5.74, 6) is 0.379. The van der Waals surface area contributed by atoms with Crippen molar-refractivity contribution in [1.29, 1.82) is 0 Å². The molecule has 3 aromatic rings. The molecular formula is C19H19N5O2. The second-order valence-electron chi connectivity index (χ2n) is 5.79. The monoisotopic (exact) mass is 349 g/mol. The number of aryl methyl sites for hydroxylation is 2. The second kappa shape index (κ2) is 8.06. The predicted octanol–water partition coefficient (Wildman–Crippen LogP) is 2.79. The minimum absolute atomic E-state index is 0.0705. The number of rotatable bonds is 6. The molecule has 0 spiro atoms. The number of hydrogen-bond donors (Lipinski definition) is 1. The van der Waals surface area contributed by atoms with Gasteiger partial charge in [-0.2, -0.15) is 5.10 Å². The first kappa shape index (κ1) is 17.3. The molecule has 1 amide bonds. The first-order chi connectivity index (χ1) is 12.6. The van der Waals surface area contributed by atoms with Crippen molar-refractivity contribution in [2.24, 2.45) is 5.10 Å². The van der Waals surface area contributed by atoms with Crippen LogP contribution < -0.4 is 10.1 Å². The maximum atomic E-state index is 12.1. The van der Waals surface area contributed by atoms with Gasteiger partial charge in [0.15, 0.2) is 6.61 Å². The van der Waals surface area contributed by atoms with Crippen LogP contribution in [0.4, 0.5) is 5.69 Å². The molecule has 7 nitrogen and oxygen atoms in total. The van der Waals surface area contributed by atoms with Gasteiger partial charge in [0, 0.05) is 5.69 Å². The Morgan fingerprint density at radius 1 is 1.15 bits per heavy atom. The fourth-order valence-electron chi connectivity index (χ4n) is 2.24. The Bertz CT molecular complexity index is 919. The lowest BCUT2D eigenvalue weighted by Crippen LogP contribution is -2.20. The van der Waals surface area contributed by atoms with E-state index >= 15 is 0 Å². The molecule has 0 radical (unpaired) electrons. The van der Waals surface area contributed by atoms with Gasteiger partial charge < -0.3 is 10.1 Å². The molecule has 132 valence electrons. The molecular weight excluding hydrogens is 330 g/mol. The van der Waals surface area contributed by atoms with E-state index in [9.17, 15) is 4.79 Å². The van der Waals surface area contributed by atoms with E-state index in [4.69, 9.17) is 4.74 Å². The van der Waals surface area contributed by atoms with E-state index in [1.165, 1.54) is 22.9 Å². The number of aromatic nitrogens is 3. The smallest absolute Gasteiger partial charge is 0.262 e. The van der Waals surface area contributed by atoms with Crippen LogP contribution in [0, 0.1) is 13.8 Å². The maximum absolute atomic E-state index is 12.1. The Balaban J connectivity index is 1.56. The molecule has 0 saturated carbocycles. The number of amides is 1. The Hall–Kier alpha value is -3.48. The minimum atomic E-state index is -0.211. The van der Waals surface area contributed by atoms with Crippen molar-refractivity contribution in [3.8, 4) is 5.75 Å². The lowest BCUT2D eigenvalue weighted by Gasteiger charge is -2.09. The van der Waals surface area contributed by atoms with E-state index in [1.807, 2.05) is 44.2 Å². The van der Waals surface area contributed by atoms with E-state index in [1.54, 1.807) is 18.3 Å². The predicted molar refractivity (Wildman–Crippen MR) is 99.5 cm³/mol. The molecule has 1 aromatic heterocycles. The lowest BCUT2D eigenvalue weighted by molar-refractivity contribution is -0.118. The molecule has 7 heteroatoms. The quantitative estimate of drug-likeness (QED) is 0.694. The van der Waals surface area contributed by atoms with Crippen LogP contribution >= 0.6 is 0 Å². The molecule has 0 aliphatic rings. The molecule has 1 N–H and O–H groups in total.